The molecule has 4 rings (SSSR count). The van der Waals surface area contributed by atoms with Gasteiger partial charge in [-0.15, -0.1) is 0 Å². The molecule has 6 N–H and O–H groups in total. The number of β-amino-alcohol motifs (C(OH)–C–C–N with tert-alkyl or cyclic N) is 1. The van der Waals surface area contributed by atoms with Gasteiger partial charge in [0.1, 0.15) is 0 Å². The third-order valence-corrected chi connectivity index (χ3v) is 8.46. The molecule has 11 heteroatoms. The fraction of sp³-hybridized carbons (Fsp3) is 0.294. The van der Waals surface area contributed by atoms with E-state index in [0.717, 1.165) is 23.1 Å². The van der Waals surface area contributed by atoms with Crippen molar-refractivity contribution in [1.29, 1.82) is 0 Å². The van der Waals surface area contributed by atoms with Crippen LogP contribution in [-0.2, 0) is 33.1 Å². The maximum Gasteiger partial charge on any atom is 0.294 e. The number of aryl methyl sites for hydroxylation is 2. The maximum atomic E-state index is 10.5. The van der Waals surface area contributed by atoms with Gasteiger partial charge < -0.3 is 16.2 Å². The largest absolute Gasteiger partial charge is 0.390 e. The first-order valence-electron chi connectivity index (χ1n) is 14.3. The second kappa shape index (κ2) is 17.3. The van der Waals surface area contributed by atoms with Crippen LogP contribution in [0.1, 0.15) is 36.1 Å². The van der Waals surface area contributed by atoms with Crippen molar-refractivity contribution in [2.45, 2.75) is 68.0 Å². The monoisotopic (exact) mass is 656 g/mol. The minimum Gasteiger partial charge on any atom is -0.390 e. The lowest BCUT2D eigenvalue weighted by molar-refractivity contribution is 0.131. The summed E-state index contributed by atoms with van der Waals surface area (Å²) in [6.45, 7) is 8.47. The number of hydrogen-bond donors (Lipinski definition) is 5. The normalized spacial score (nSPS) is 13.0. The summed E-state index contributed by atoms with van der Waals surface area (Å²) >= 11 is 0. The average Bonchev–Trinajstić information content (AvgIpc) is 2.97. The van der Waals surface area contributed by atoms with Gasteiger partial charge >= 0.3 is 0 Å². The SMILES string of the molecule is CC(C)(Cc1ccccc1)NC[C@@H](O)[C@@H](N)Cc1ccccc1.Cc1ccc(S(=O)(=O)O)cc1.Cc1ccc(S(=O)(=O)O)cc1. The fourth-order valence-corrected chi connectivity index (χ4v) is 5.10. The van der Waals surface area contributed by atoms with Crippen molar-refractivity contribution in [3.05, 3.63) is 131 Å². The predicted octanol–water partition coefficient (Wildman–Crippen LogP) is 5.01. The number of benzene rings is 4. The van der Waals surface area contributed by atoms with Gasteiger partial charge in [0.2, 0.25) is 0 Å². The van der Waals surface area contributed by atoms with Gasteiger partial charge in [-0.25, -0.2) is 0 Å². The molecule has 0 aliphatic heterocycles. The summed E-state index contributed by atoms with van der Waals surface area (Å²) in [5.41, 5.74) is 10.4. The molecule has 0 saturated carbocycles. The van der Waals surface area contributed by atoms with Gasteiger partial charge in [0, 0.05) is 18.1 Å². The van der Waals surface area contributed by atoms with Crippen LogP contribution >= 0.6 is 0 Å². The lowest BCUT2D eigenvalue weighted by atomic mass is 9.94. The van der Waals surface area contributed by atoms with Gasteiger partial charge in [0.05, 0.1) is 15.9 Å². The molecule has 0 heterocycles. The standard InChI is InChI=1S/C20H28N2O.2C7H8O3S/c1-20(2,14-17-11-7-4-8-12-17)22-15-19(23)18(21)13-16-9-5-3-6-10-16;2*1-6-2-4-7(5-3-6)11(8,9)10/h3-12,18-19,22-23H,13-15,21H2,1-2H3;2*2-5H,1H3,(H,8,9,10)/t18-,19+;;/m0../s1. The van der Waals surface area contributed by atoms with Crippen molar-refractivity contribution in [3.63, 3.8) is 0 Å². The first-order chi connectivity index (χ1) is 21.0. The van der Waals surface area contributed by atoms with E-state index >= 15 is 0 Å². The highest BCUT2D eigenvalue weighted by Gasteiger charge is 2.22. The molecule has 0 spiro atoms. The average molecular weight is 657 g/mol. The number of nitrogens with one attached hydrogen (secondary N) is 1. The lowest BCUT2D eigenvalue weighted by Gasteiger charge is -2.29. The van der Waals surface area contributed by atoms with Crippen molar-refractivity contribution in [3.8, 4) is 0 Å². The van der Waals surface area contributed by atoms with Crippen LogP contribution in [0.25, 0.3) is 0 Å². The molecule has 0 aliphatic carbocycles. The summed E-state index contributed by atoms with van der Waals surface area (Å²) in [7, 11) is -8.04. The zero-order valence-corrected chi connectivity index (χ0v) is 27.7. The second-order valence-corrected chi connectivity index (χ2v) is 14.3. The van der Waals surface area contributed by atoms with Crippen LogP contribution in [0, 0.1) is 13.8 Å². The number of hydrogen-bond acceptors (Lipinski definition) is 7. The first kappa shape index (κ1) is 37.8. The van der Waals surface area contributed by atoms with E-state index in [0.29, 0.717) is 13.0 Å². The van der Waals surface area contributed by atoms with Gasteiger partial charge in [0.15, 0.2) is 0 Å². The molecule has 2 atom stereocenters. The van der Waals surface area contributed by atoms with Crippen molar-refractivity contribution in [2.75, 3.05) is 6.54 Å². The Morgan fingerprint density at radius 2 is 1.04 bits per heavy atom. The molecule has 4 aromatic rings. The molecule has 0 radical (unpaired) electrons. The third kappa shape index (κ3) is 14.9. The lowest BCUT2D eigenvalue weighted by Crippen LogP contribution is -2.50. The van der Waals surface area contributed by atoms with Crippen LogP contribution in [0.3, 0.4) is 0 Å². The zero-order chi connectivity index (χ0) is 33.7. The topological polar surface area (TPSA) is 167 Å². The molecule has 4 aromatic carbocycles. The highest BCUT2D eigenvalue weighted by atomic mass is 32.2. The molecule has 9 nitrogen and oxygen atoms in total. The molecule has 0 fully saturated rings. The number of aliphatic hydroxyl groups excluding tert-OH is 1. The van der Waals surface area contributed by atoms with Crippen molar-refractivity contribution < 1.29 is 31.0 Å². The molecular formula is C34H44N2O7S2. The molecule has 0 saturated heterocycles. The van der Waals surface area contributed by atoms with Crippen LogP contribution in [0.4, 0.5) is 0 Å². The first-order valence-corrected chi connectivity index (χ1v) is 17.2. The molecule has 0 aromatic heterocycles. The fourth-order valence-electron chi connectivity index (χ4n) is 4.14. The Labute approximate surface area is 267 Å². The van der Waals surface area contributed by atoms with E-state index in [2.05, 4.69) is 43.4 Å². The summed E-state index contributed by atoms with van der Waals surface area (Å²) in [5.74, 6) is 0. The number of nitrogens with two attached hydrogens (primary N) is 1. The van der Waals surface area contributed by atoms with Crippen LogP contribution < -0.4 is 11.1 Å². The Kier molecular flexibility index (Phi) is 14.5. The van der Waals surface area contributed by atoms with Gasteiger partial charge in [-0.2, -0.15) is 16.8 Å². The van der Waals surface area contributed by atoms with E-state index in [1.54, 1.807) is 24.3 Å². The zero-order valence-electron chi connectivity index (χ0n) is 26.0. The van der Waals surface area contributed by atoms with E-state index < -0.39 is 26.3 Å². The summed E-state index contributed by atoms with van der Waals surface area (Å²) in [6.07, 6.45) is 1.03. The molecule has 0 aliphatic rings. The van der Waals surface area contributed by atoms with Crippen molar-refractivity contribution in [1.82, 2.24) is 5.32 Å². The molecule has 0 amide bonds. The van der Waals surface area contributed by atoms with Gasteiger partial charge in [-0.1, -0.05) is 96.1 Å². The highest BCUT2D eigenvalue weighted by molar-refractivity contribution is 7.86. The molecule has 0 unspecified atom stereocenters. The van der Waals surface area contributed by atoms with Gasteiger partial charge in [-0.05, 0) is 75.9 Å². The quantitative estimate of drug-likeness (QED) is 0.147. The third-order valence-electron chi connectivity index (χ3n) is 6.72. The number of aliphatic hydroxyl groups is 1. The molecule has 244 valence electrons. The van der Waals surface area contributed by atoms with Gasteiger partial charge in [0.25, 0.3) is 20.2 Å². The summed E-state index contributed by atoms with van der Waals surface area (Å²) in [6, 6.07) is 32.1. The Hall–Kier alpha value is -3.42. The smallest absolute Gasteiger partial charge is 0.294 e. The Balaban J connectivity index is 0.000000266. The minimum atomic E-state index is -4.02. The van der Waals surface area contributed by atoms with E-state index in [1.165, 1.54) is 29.8 Å². The molecule has 45 heavy (non-hydrogen) atoms. The van der Waals surface area contributed by atoms with Crippen LogP contribution in [-0.4, -0.2) is 55.3 Å². The Morgan fingerprint density at radius 1 is 0.667 bits per heavy atom. The summed E-state index contributed by atoms with van der Waals surface area (Å²) in [4.78, 5) is -0.133. The van der Waals surface area contributed by atoms with E-state index in [4.69, 9.17) is 14.8 Å². The van der Waals surface area contributed by atoms with Crippen LogP contribution in [0.2, 0.25) is 0 Å². The molecule has 0 bridgehead atoms. The van der Waals surface area contributed by atoms with Crippen molar-refractivity contribution >= 4 is 20.2 Å². The second-order valence-electron chi connectivity index (χ2n) is 11.4. The van der Waals surface area contributed by atoms with Crippen molar-refractivity contribution in [2.24, 2.45) is 5.73 Å². The van der Waals surface area contributed by atoms with E-state index in [9.17, 15) is 21.9 Å². The predicted molar refractivity (Wildman–Crippen MR) is 178 cm³/mol. The van der Waals surface area contributed by atoms with Gasteiger partial charge in [-0.3, -0.25) is 9.11 Å². The molecular weight excluding hydrogens is 613 g/mol. The number of rotatable bonds is 10. The maximum absolute atomic E-state index is 10.5. The van der Waals surface area contributed by atoms with Crippen LogP contribution in [0.15, 0.2) is 119 Å². The van der Waals surface area contributed by atoms with Crippen LogP contribution in [0.5, 0.6) is 0 Å². The summed E-state index contributed by atoms with van der Waals surface area (Å²) in [5, 5.41) is 13.8. The van der Waals surface area contributed by atoms with E-state index in [1.807, 2.05) is 50.2 Å². The summed E-state index contributed by atoms with van der Waals surface area (Å²) < 4.78 is 59.1. The minimum absolute atomic E-state index is 0.0666. The Bertz CT molecular complexity index is 1570. The van der Waals surface area contributed by atoms with E-state index in [-0.39, 0.29) is 21.4 Å². The Morgan fingerprint density at radius 3 is 1.42 bits per heavy atom. The highest BCUT2D eigenvalue weighted by Crippen LogP contribution is 2.13.